The Kier molecular flexibility index (Phi) is 5.54. The first kappa shape index (κ1) is 13.2. The molecule has 1 atom stereocenters. The monoisotopic (exact) mass is 275 g/mol. The largest absolute Gasteiger partial charge is 0.596 e. The standard InChI is InChI=1S/C11H10Cl2O2P/c1-2-3-9-4-6-10(7-5-9)16(14)15-8-11(12)13/h2,4-8H,1,3H2/q+1. The summed E-state index contributed by atoms with van der Waals surface area (Å²) in [6.07, 6.45) is 3.65. The van der Waals surface area contributed by atoms with Gasteiger partial charge in [-0.25, -0.2) is 0 Å². The van der Waals surface area contributed by atoms with Crippen molar-refractivity contribution in [3.8, 4) is 0 Å². The van der Waals surface area contributed by atoms with E-state index in [9.17, 15) is 4.57 Å². The highest BCUT2D eigenvalue weighted by atomic mass is 35.5. The Bertz CT molecular complexity index is 408. The second-order valence-electron chi connectivity index (χ2n) is 2.93. The SMILES string of the molecule is C=CCc1ccc([P+](=O)OC=C(Cl)Cl)cc1. The zero-order valence-corrected chi connectivity index (χ0v) is 10.8. The molecule has 0 spiro atoms. The van der Waals surface area contributed by atoms with Crippen LogP contribution >= 0.6 is 31.2 Å². The summed E-state index contributed by atoms with van der Waals surface area (Å²) in [5.41, 5.74) is 1.10. The van der Waals surface area contributed by atoms with Crippen LogP contribution in [0.2, 0.25) is 0 Å². The third-order valence-electron chi connectivity index (χ3n) is 1.76. The van der Waals surface area contributed by atoms with Crippen LogP contribution < -0.4 is 5.30 Å². The fraction of sp³-hybridized carbons (Fsp3) is 0.0909. The van der Waals surface area contributed by atoms with Crippen molar-refractivity contribution >= 4 is 36.5 Å². The van der Waals surface area contributed by atoms with Crippen LogP contribution in [-0.4, -0.2) is 0 Å². The molecule has 0 heterocycles. The van der Waals surface area contributed by atoms with Gasteiger partial charge in [-0.1, -0.05) is 41.4 Å². The van der Waals surface area contributed by atoms with Crippen molar-refractivity contribution < 1.29 is 9.09 Å². The maximum Gasteiger partial charge on any atom is 0.596 e. The fourth-order valence-electron chi connectivity index (χ4n) is 1.07. The average Bonchev–Trinajstić information content (AvgIpc) is 2.27. The lowest BCUT2D eigenvalue weighted by molar-refractivity contribution is 0.472. The van der Waals surface area contributed by atoms with E-state index in [4.69, 9.17) is 27.7 Å². The Morgan fingerprint density at radius 1 is 1.38 bits per heavy atom. The van der Waals surface area contributed by atoms with Crippen LogP contribution in [0.25, 0.3) is 0 Å². The molecule has 1 aromatic carbocycles. The Morgan fingerprint density at radius 3 is 2.50 bits per heavy atom. The molecule has 2 nitrogen and oxygen atoms in total. The van der Waals surface area contributed by atoms with E-state index in [1.54, 1.807) is 12.1 Å². The molecule has 0 bridgehead atoms. The van der Waals surface area contributed by atoms with E-state index in [-0.39, 0.29) is 4.49 Å². The molecule has 5 heteroatoms. The van der Waals surface area contributed by atoms with Gasteiger partial charge in [-0.3, -0.25) is 4.52 Å². The van der Waals surface area contributed by atoms with Crippen LogP contribution in [0.15, 0.2) is 47.7 Å². The molecule has 0 saturated heterocycles. The van der Waals surface area contributed by atoms with Crippen LogP contribution in [0.4, 0.5) is 0 Å². The summed E-state index contributed by atoms with van der Waals surface area (Å²) >= 11 is 10.7. The summed E-state index contributed by atoms with van der Waals surface area (Å²) in [5, 5.41) is 0.591. The molecule has 0 saturated carbocycles. The first-order chi connectivity index (χ1) is 7.63. The maximum absolute atomic E-state index is 11.6. The normalized spacial score (nSPS) is 10.5. The minimum absolute atomic E-state index is 0.0633. The maximum atomic E-state index is 11.6. The first-order valence-corrected chi connectivity index (χ1v) is 6.42. The summed E-state index contributed by atoms with van der Waals surface area (Å²) in [6.45, 7) is 3.64. The van der Waals surface area contributed by atoms with E-state index in [1.807, 2.05) is 18.2 Å². The summed E-state index contributed by atoms with van der Waals surface area (Å²) in [6, 6.07) is 7.24. The smallest absolute Gasteiger partial charge is 0.256 e. The molecule has 0 amide bonds. The second kappa shape index (κ2) is 6.70. The summed E-state index contributed by atoms with van der Waals surface area (Å²) < 4.78 is 16.4. The summed E-state index contributed by atoms with van der Waals surface area (Å²) in [7, 11) is -1.95. The van der Waals surface area contributed by atoms with Crippen molar-refractivity contribution in [2.45, 2.75) is 6.42 Å². The van der Waals surface area contributed by atoms with Crippen LogP contribution in [0, 0.1) is 0 Å². The van der Waals surface area contributed by atoms with Gasteiger partial charge < -0.3 is 0 Å². The molecule has 0 aliphatic heterocycles. The molecule has 84 valence electrons. The minimum Gasteiger partial charge on any atom is -0.256 e. The first-order valence-electron chi connectivity index (χ1n) is 4.48. The zero-order chi connectivity index (χ0) is 12.0. The second-order valence-corrected chi connectivity index (χ2v) is 5.18. The highest BCUT2D eigenvalue weighted by molar-refractivity contribution is 7.48. The van der Waals surface area contributed by atoms with E-state index in [1.165, 1.54) is 0 Å². The van der Waals surface area contributed by atoms with Crippen LogP contribution in [0.5, 0.6) is 0 Å². The highest BCUT2D eigenvalue weighted by Gasteiger charge is 2.21. The number of benzene rings is 1. The van der Waals surface area contributed by atoms with Crippen molar-refractivity contribution in [2.24, 2.45) is 0 Å². The molecule has 0 N–H and O–H groups in total. The third-order valence-corrected chi connectivity index (χ3v) is 2.96. The van der Waals surface area contributed by atoms with Gasteiger partial charge in [-0.15, -0.1) is 6.58 Å². The molecular formula is C11H10Cl2O2P+. The van der Waals surface area contributed by atoms with Gasteiger partial charge in [0.05, 0.1) is 0 Å². The molecule has 0 aliphatic carbocycles. The predicted octanol–water partition coefficient (Wildman–Crippen LogP) is 4.08. The van der Waals surface area contributed by atoms with Gasteiger partial charge in [0.1, 0.15) is 4.49 Å². The number of hydrogen-bond acceptors (Lipinski definition) is 2. The van der Waals surface area contributed by atoms with Crippen molar-refractivity contribution in [1.82, 2.24) is 0 Å². The van der Waals surface area contributed by atoms with Crippen molar-refractivity contribution in [1.29, 1.82) is 0 Å². The van der Waals surface area contributed by atoms with E-state index in [2.05, 4.69) is 6.58 Å². The Balaban J connectivity index is 2.70. The van der Waals surface area contributed by atoms with Gasteiger partial charge in [-0.05, 0) is 28.7 Å². The summed E-state index contributed by atoms with van der Waals surface area (Å²) in [5.74, 6) is 0. The Morgan fingerprint density at radius 2 is 2.00 bits per heavy atom. The topological polar surface area (TPSA) is 26.3 Å². The lowest BCUT2D eigenvalue weighted by Crippen LogP contribution is -1.96. The molecule has 0 radical (unpaired) electrons. The van der Waals surface area contributed by atoms with Crippen LogP contribution in [0.1, 0.15) is 5.56 Å². The average molecular weight is 276 g/mol. The molecule has 1 rings (SSSR count). The van der Waals surface area contributed by atoms with Gasteiger partial charge in [0, 0.05) is 0 Å². The van der Waals surface area contributed by atoms with Gasteiger partial charge in [0.15, 0.2) is 6.26 Å². The van der Waals surface area contributed by atoms with Crippen molar-refractivity contribution in [2.75, 3.05) is 0 Å². The van der Waals surface area contributed by atoms with E-state index in [0.29, 0.717) is 5.30 Å². The van der Waals surface area contributed by atoms with E-state index < -0.39 is 8.03 Å². The Labute approximate surface area is 105 Å². The van der Waals surface area contributed by atoms with Gasteiger partial charge in [0.25, 0.3) is 0 Å². The highest BCUT2D eigenvalue weighted by Crippen LogP contribution is 2.24. The molecular weight excluding hydrogens is 266 g/mol. The third kappa shape index (κ3) is 4.36. The molecule has 0 aliphatic rings. The molecule has 0 fully saturated rings. The van der Waals surface area contributed by atoms with Crippen molar-refractivity contribution in [3.05, 3.63) is 53.2 Å². The minimum atomic E-state index is -1.95. The van der Waals surface area contributed by atoms with E-state index >= 15 is 0 Å². The van der Waals surface area contributed by atoms with E-state index in [0.717, 1.165) is 18.2 Å². The summed E-state index contributed by atoms with van der Waals surface area (Å²) in [4.78, 5) is 0. The molecule has 1 aromatic rings. The number of hydrogen-bond donors (Lipinski definition) is 0. The lowest BCUT2D eigenvalue weighted by atomic mass is 10.2. The quantitative estimate of drug-likeness (QED) is 0.460. The number of rotatable bonds is 5. The predicted molar refractivity (Wildman–Crippen MR) is 68.5 cm³/mol. The van der Waals surface area contributed by atoms with Gasteiger partial charge in [0.2, 0.25) is 5.30 Å². The zero-order valence-electron chi connectivity index (χ0n) is 8.40. The van der Waals surface area contributed by atoms with Crippen LogP contribution in [-0.2, 0) is 15.5 Å². The Hall–Kier alpha value is -0.820. The lowest BCUT2D eigenvalue weighted by Gasteiger charge is -1.93. The fourth-order valence-corrected chi connectivity index (χ4v) is 2.00. The molecule has 0 aromatic heterocycles. The van der Waals surface area contributed by atoms with Crippen LogP contribution in [0.3, 0.4) is 0 Å². The number of allylic oxidation sites excluding steroid dienone is 1. The van der Waals surface area contributed by atoms with Crippen molar-refractivity contribution in [3.63, 3.8) is 0 Å². The molecule has 16 heavy (non-hydrogen) atoms. The number of halogens is 2. The van der Waals surface area contributed by atoms with Gasteiger partial charge >= 0.3 is 8.03 Å². The van der Waals surface area contributed by atoms with Gasteiger partial charge in [-0.2, -0.15) is 0 Å². The molecule has 1 unspecified atom stereocenters.